The Morgan fingerprint density at radius 3 is 2.57 bits per heavy atom. The molecule has 0 atom stereocenters. The second-order valence-electron chi connectivity index (χ2n) is 4.31. The molecule has 1 heterocycles. The topological polar surface area (TPSA) is 29.1 Å². The summed E-state index contributed by atoms with van der Waals surface area (Å²) in [7, 11) is 0. The Morgan fingerprint density at radius 1 is 1.50 bits per heavy atom. The zero-order valence-electron chi connectivity index (χ0n) is 9.18. The van der Waals surface area contributed by atoms with E-state index < -0.39 is 0 Å². The lowest BCUT2D eigenvalue weighted by molar-refractivity contribution is 0.0960. The summed E-state index contributed by atoms with van der Waals surface area (Å²) in [5, 5.41) is 4.86. The number of amides is 1. The van der Waals surface area contributed by atoms with Gasteiger partial charge in [0.2, 0.25) is 0 Å². The molecule has 0 aliphatic carbocycles. The van der Waals surface area contributed by atoms with Crippen molar-refractivity contribution in [3.63, 3.8) is 0 Å². The molecule has 0 aliphatic rings. The van der Waals surface area contributed by atoms with Crippen LogP contribution in [-0.2, 0) is 5.41 Å². The minimum Gasteiger partial charge on any atom is -0.352 e. The molecule has 78 valence electrons. The number of carbonyl (C=O) groups is 1. The molecule has 0 aromatic carbocycles. The van der Waals surface area contributed by atoms with E-state index in [0.717, 1.165) is 4.88 Å². The first-order valence-electron chi connectivity index (χ1n) is 4.82. The summed E-state index contributed by atoms with van der Waals surface area (Å²) in [5.74, 6) is 0.0352. The van der Waals surface area contributed by atoms with Crippen LogP contribution < -0.4 is 5.32 Å². The van der Waals surface area contributed by atoms with Gasteiger partial charge in [0, 0.05) is 6.54 Å². The van der Waals surface area contributed by atoms with Gasteiger partial charge in [-0.15, -0.1) is 11.3 Å². The zero-order valence-corrected chi connectivity index (χ0v) is 9.99. The fraction of sp³-hybridized carbons (Fsp3) is 0.545. The maximum Gasteiger partial charge on any atom is 0.261 e. The van der Waals surface area contributed by atoms with E-state index in [4.69, 9.17) is 0 Å². The van der Waals surface area contributed by atoms with Crippen molar-refractivity contribution in [3.8, 4) is 0 Å². The molecule has 3 heteroatoms. The van der Waals surface area contributed by atoms with Crippen molar-refractivity contribution < 1.29 is 4.79 Å². The molecule has 1 rings (SSSR count). The molecule has 0 radical (unpaired) electrons. The first-order chi connectivity index (χ1) is 6.45. The van der Waals surface area contributed by atoms with Gasteiger partial charge in [-0.3, -0.25) is 4.79 Å². The van der Waals surface area contributed by atoms with Gasteiger partial charge in [-0.1, -0.05) is 20.8 Å². The van der Waals surface area contributed by atoms with Crippen molar-refractivity contribution in [1.29, 1.82) is 0 Å². The Kier molecular flexibility index (Phi) is 3.32. The van der Waals surface area contributed by atoms with Crippen LogP contribution >= 0.6 is 11.3 Å². The minimum absolute atomic E-state index is 0.0352. The Balaban J connectivity index is 2.83. The molecular weight excluding hydrogens is 194 g/mol. The maximum absolute atomic E-state index is 11.5. The summed E-state index contributed by atoms with van der Waals surface area (Å²) < 4.78 is 0. The van der Waals surface area contributed by atoms with E-state index in [0.29, 0.717) is 6.54 Å². The number of rotatable bonds is 2. The summed E-state index contributed by atoms with van der Waals surface area (Å²) in [6.07, 6.45) is 0. The Hall–Kier alpha value is -0.830. The van der Waals surface area contributed by atoms with Crippen LogP contribution in [0.5, 0.6) is 0 Å². The third kappa shape index (κ3) is 2.58. The lowest BCUT2D eigenvalue weighted by atomic mass is 9.89. The van der Waals surface area contributed by atoms with Gasteiger partial charge < -0.3 is 5.32 Å². The van der Waals surface area contributed by atoms with Crippen LogP contribution in [-0.4, -0.2) is 12.5 Å². The van der Waals surface area contributed by atoms with Crippen LogP contribution in [0.3, 0.4) is 0 Å². The molecule has 1 aromatic heterocycles. The second-order valence-corrected chi connectivity index (χ2v) is 5.22. The first-order valence-corrected chi connectivity index (χ1v) is 5.70. The molecule has 2 nitrogen and oxygen atoms in total. The van der Waals surface area contributed by atoms with Crippen molar-refractivity contribution in [2.45, 2.75) is 33.1 Å². The van der Waals surface area contributed by atoms with Gasteiger partial charge in [-0.05, 0) is 29.3 Å². The molecule has 0 saturated carbocycles. The SMILES string of the molecule is CCNC(=O)c1cc(C(C)(C)C)cs1. The van der Waals surface area contributed by atoms with Gasteiger partial charge in [-0.25, -0.2) is 0 Å². The van der Waals surface area contributed by atoms with Crippen LogP contribution in [0.25, 0.3) is 0 Å². The summed E-state index contributed by atoms with van der Waals surface area (Å²) in [6.45, 7) is 9.06. The number of nitrogens with one attached hydrogen (secondary N) is 1. The maximum atomic E-state index is 11.5. The summed E-state index contributed by atoms with van der Waals surface area (Å²) in [4.78, 5) is 12.3. The summed E-state index contributed by atoms with van der Waals surface area (Å²) in [5.41, 5.74) is 1.35. The quantitative estimate of drug-likeness (QED) is 0.800. The Morgan fingerprint density at radius 2 is 2.14 bits per heavy atom. The Labute approximate surface area is 89.3 Å². The molecule has 0 spiro atoms. The van der Waals surface area contributed by atoms with E-state index >= 15 is 0 Å². The average molecular weight is 211 g/mol. The number of hydrogen-bond donors (Lipinski definition) is 1. The lowest BCUT2D eigenvalue weighted by Gasteiger charge is -2.15. The van der Waals surface area contributed by atoms with E-state index in [1.165, 1.54) is 16.9 Å². The number of carbonyl (C=O) groups excluding carboxylic acids is 1. The predicted molar refractivity (Wildman–Crippen MR) is 61.0 cm³/mol. The minimum atomic E-state index is 0.0352. The van der Waals surface area contributed by atoms with Gasteiger partial charge >= 0.3 is 0 Å². The molecule has 1 aromatic rings. The van der Waals surface area contributed by atoms with Gasteiger partial charge in [0.05, 0.1) is 4.88 Å². The molecule has 0 unspecified atom stereocenters. The first kappa shape index (κ1) is 11.2. The largest absolute Gasteiger partial charge is 0.352 e. The van der Waals surface area contributed by atoms with Crippen LogP contribution in [0.15, 0.2) is 11.4 Å². The van der Waals surface area contributed by atoms with Gasteiger partial charge in [-0.2, -0.15) is 0 Å². The molecule has 0 aliphatic heterocycles. The molecule has 0 saturated heterocycles. The van der Waals surface area contributed by atoms with Crippen molar-refractivity contribution in [2.24, 2.45) is 0 Å². The van der Waals surface area contributed by atoms with Crippen molar-refractivity contribution in [1.82, 2.24) is 5.32 Å². The lowest BCUT2D eigenvalue weighted by Crippen LogP contribution is -2.21. The summed E-state index contributed by atoms with van der Waals surface area (Å²) in [6, 6.07) is 1.98. The molecule has 1 N–H and O–H groups in total. The predicted octanol–water partition coefficient (Wildman–Crippen LogP) is 2.80. The highest BCUT2D eigenvalue weighted by molar-refractivity contribution is 7.12. The van der Waals surface area contributed by atoms with Gasteiger partial charge in [0.1, 0.15) is 0 Å². The van der Waals surface area contributed by atoms with E-state index in [2.05, 4.69) is 31.5 Å². The van der Waals surface area contributed by atoms with E-state index in [1.54, 1.807) is 0 Å². The smallest absolute Gasteiger partial charge is 0.261 e. The average Bonchev–Trinajstić information content (AvgIpc) is 2.51. The molecular formula is C11H17NOS. The molecule has 0 bridgehead atoms. The normalized spacial score (nSPS) is 11.4. The number of hydrogen-bond acceptors (Lipinski definition) is 2. The van der Waals surface area contributed by atoms with E-state index in [9.17, 15) is 4.79 Å². The van der Waals surface area contributed by atoms with Crippen LogP contribution in [0, 0.1) is 0 Å². The fourth-order valence-electron chi connectivity index (χ4n) is 1.10. The highest BCUT2D eigenvalue weighted by atomic mass is 32.1. The van der Waals surface area contributed by atoms with Crippen LogP contribution in [0.2, 0.25) is 0 Å². The standard InChI is InChI=1S/C11H17NOS/c1-5-12-10(13)9-6-8(7-14-9)11(2,3)4/h6-7H,5H2,1-4H3,(H,12,13). The second kappa shape index (κ2) is 4.13. The molecule has 14 heavy (non-hydrogen) atoms. The van der Waals surface area contributed by atoms with Gasteiger partial charge in [0.25, 0.3) is 5.91 Å². The van der Waals surface area contributed by atoms with E-state index in [1.807, 2.05) is 13.0 Å². The summed E-state index contributed by atoms with van der Waals surface area (Å²) >= 11 is 1.51. The third-order valence-corrected chi connectivity index (χ3v) is 2.96. The highest BCUT2D eigenvalue weighted by Crippen LogP contribution is 2.26. The third-order valence-electron chi connectivity index (χ3n) is 2.03. The number of thiophene rings is 1. The highest BCUT2D eigenvalue weighted by Gasteiger charge is 2.17. The molecule has 1 amide bonds. The van der Waals surface area contributed by atoms with Crippen LogP contribution in [0.4, 0.5) is 0 Å². The van der Waals surface area contributed by atoms with Crippen LogP contribution in [0.1, 0.15) is 42.9 Å². The monoisotopic (exact) mass is 211 g/mol. The van der Waals surface area contributed by atoms with Crippen molar-refractivity contribution in [3.05, 3.63) is 21.9 Å². The zero-order chi connectivity index (χ0) is 10.8. The molecule has 0 fully saturated rings. The van der Waals surface area contributed by atoms with Crippen molar-refractivity contribution in [2.75, 3.05) is 6.54 Å². The Bertz CT molecular complexity index is 322. The van der Waals surface area contributed by atoms with Crippen molar-refractivity contribution >= 4 is 17.2 Å². The van der Waals surface area contributed by atoms with E-state index in [-0.39, 0.29) is 11.3 Å². The fourth-order valence-corrected chi connectivity index (χ4v) is 2.15. The van der Waals surface area contributed by atoms with Gasteiger partial charge in [0.15, 0.2) is 0 Å².